The number of methoxy groups -OCH3 is 1. The molecule has 0 spiro atoms. The Bertz CT molecular complexity index is 365. The van der Waals surface area contributed by atoms with Crippen LogP contribution >= 0.6 is 0 Å². The zero-order valence-corrected chi connectivity index (χ0v) is 8.40. The topological polar surface area (TPSA) is 55.8 Å². The highest BCUT2D eigenvalue weighted by Crippen LogP contribution is 2.33. The van der Waals surface area contributed by atoms with Gasteiger partial charge in [0, 0.05) is 0 Å². The summed E-state index contributed by atoms with van der Waals surface area (Å²) >= 11 is 0. The van der Waals surface area contributed by atoms with Crippen LogP contribution in [0, 0.1) is 0 Å². The summed E-state index contributed by atoms with van der Waals surface area (Å²) in [4.78, 5) is 11.1. The monoisotopic (exact) mass is 208 g/mol. The van der Waals surface area contributed by atoms with Crippen molar-refractivity contribution in [1.29, 1.82) is 0 Å². The fourth-order valence-corrected chi connectivity index (χ4v) is 1.63. The molecule has 1 aliphatic rings. The van der Waals surface area contributed by atoms with Crippen LogP contribution in [0.3, 0.4) is 0 Å². The first-order chi connectivity index (χ1) is 7.19. The maximum atomic E-state index is 11.1. The van der Waals surface area contributed by atoms with E-state index in [1.165, 1.54) is 0 Å². The van der Waals surface area contributed by atoms with Gasteiger partial charge in [-0.2, -0.15) is 0 Å². The molecule has 1 saturated heterocycles. The molecule has 0 saturated carbocycles. The number of carboxylic acid groups (broad SMARTS) is 1. The maximum Gasteiger partial charge on any atom is 0.318 e. The number of aliphatic carboxylic acids is 1. The van der Waals surface area contributed by atoms with Crippen molar-refractivity contribution < 1.29 is 19.4 Å². The summed E-state index contributed by atoms with van der Waals surface area (Å²) in [7, 11) is 1.58. The highest BCUT2D eigenvalue weighted by Gasteiger charge is 2.47. The van der Waals surface area contributed by atoms with Gasteiger partial charge in [0.25, 0.3) is 0 Å². The number of hydrogen-bond donors (Lipinski definition) is 1. The standard InChI is InChI=1S/C11H12O4/c1-14-9-4-2-8(3-5-9)11(10(12)13)6-15-7-11/h2-5H,6-7H2,1H3,(H,12,13). The van der Waals surface area contributed by atoms with Crippen LogP contribution in [0.1, 0.15) is 5.56 Å². The minimum atomic E-state index is -0.855. The molecule has 0 atom stereocenters. The van der Waals surface area contributed by atoms with E-state index < -0.39 is 11.4 Å². The minimum Gasteiger partial charge on any atom is -0.497 e. The van der Waals surface area contributed by atoms with Crippen molar-refractivity contribution in [3.05, 3.63) is 29.8 Å². The second-order valence-electron chi connectivity index (χ2n) is 3.61. The number of carbonyl (C=O) groups is 1. The summed E-state index contributed by atoms with van der Waals surface area (Å²) < 4.78 is 10.0. The van der Waals surface area contributed by atoms with Crippen LogP contribution in [-0.4, -0.2) is 31.4 Å². The zero-order valence-electron chi connectivity index (χ0n) is 8.40. The Labute approximate surface area is 87.4 Å². The predicted octanol–water partition coefficient (Wildman–Crippen LogP) is 1.05. The first kappa shape index (κ1) is 9.98. The molecule has 1 aromatic rings. The second-order valence-corrected chi connectivity index (χ2v) is 3.61. The summed E-state index contributed by atoms with van der Waals surface area (Å²) in [5.41, 5.74) is -0.0891. The Balaban J connectivity index is 2.31. The Hall–Kier alpha value is -1.55. The normalized spacial score (nSPS) is 17.9. The van der Waals surface area contributed by atoms with Crippen molar-refractivity contribution in [2.45, 2.75) is 5.41 Å². The van der Waals surface area contributed by atoms with E-state index in [9.17, 15) is 4.79 Å². The lowest BCUT2D eigenvalue weighted by atomic mass is 9.79. The van der Waals surface area contributed by atoms with Crippen molar-refractivity contribution in [3.8, 4) is 5.75 Å². The van der Waals surface area contributed by atoms with Crippen molar-refractivity contribution in [2.24, 2.45) is 0 Å². The summed E-state index contributed by atoms with van der Waals surface area (Å²) in [6.07, 6.45) is 0. The van der Waals surface area contributed by atoms with Gasteiger partial charge in [-0.25, -0.2) is 0 Å². The van der Waals surface area contributed by atoms with Crippen LogP contribution in [0.15, 0.2) is 24.3 Å². The van der Waals surface area contributed by atoms with Crippen molar-refractivity contribution in [1.82, 2.24) is 0 Å². The van der Waals surface area contributed by atoms with Gasteiger partial charge in [0.2, 0.25) is 0 Å². The molecule has 0 aliphatic carbocycles. The van der Waals surface area contributed by atoms with E-state index >= 15 is 0 Å². The fourth-order valence-electron chi connectivity index (χ4n) is 1.63. The van der Waals surface area contributed by atoms with Gasteiger partial charge in [-0.3, -0.25) is 4.79 Å². The van der Waals surface area contributed by atoms with Gasteiger partial charge < -0.3 is 14.6 Å². The summed E-state index contributed by atoms with van der Waals surface area (Å²) in [6.45, 7) is 0.489. The molecule has 0 radical (unpaired) electrons. The highest BCUT2D eigenvalue weighted by molar-refractivity contribution is 5.83. The number of ether oxygens (including phenoxy) is 2. The Morgan fingerprint density at radius 1 is 1.40 bits per heavy atom. The lowest BCUT2D eigenvalue weighted by Crippen LogP contribution is -2.53. The van der Waals surface area contributed by atoms with E-state index in [1.807, 2.05) is 0 Å². The summed E-state index contributed by atoms with van der Waals surface area (Å²) in [5.74, 6) is -0.113. The van der Waals surface area contributed by atoms with E-state index in [2.05, 4.69) is 0 Å². The third-order valence-electron chi connectivity index (χ3n) is 2.75. The van der Waals surface area contributed by atoms with E-state index in [0.717, 1.165) is 11.3 Å². The molecule has 1 N–H and O–H groups in total. The van der Waals surface area contributed by atoms with Crippen LogP contribution in [0.4, 0.5) is 0 Å². The molecule has 0 unspecified atom stereocenters. The predicted molar refractivity (Wildman–Crippen MR) is 53.1 cm³/mol. The van der Waals surface area contributed by atoms with Gasteiger partial charge in [-0.05, 0) is 17.7 Å². The third-order valence-corrected chi connectivity index (χ3v) is 2.75. The van der Waals surface area contributed by atoms with Crippen molar-refractivity contribution in [3.63, 3.8) is 0 Å². The quantitative estimate of drug-likeness (QED) is 0.806. The van der Waals surface area contributed by atoms with E-state index in [4.69, 9.17) is 14.6 Å². The molecule has 1 heterocycles. The molecule has 1 aromatic carbocycles. The first-order valence-corrected chi connectivity index (χ1v) is 4.65. The molecule has 2 rings (SSSR count). The van der Waals surface area contributed by atoms with Crippen LogP contribution < -0.4 is 4.74 Å². The van der Waals surface area contributed by atoms with Crippen LogP contribution in [0.5, 0.6) is 5.75 Å². The number of benzene rings is 1. The Kier molecular flexibility index (Phi) is 2.36. The minimum absolute atomic E-state index is 0.245. The van der Waals surface area contributed by atoms with Gasteiger partial charge in [0.15, 0.2) is 0 Å². The molecule has 4 heteroatoms. The third kappa shape index (κ3) is 1.47. The average Bonchev–Trinajstić information content (AvgIpc) is 2.16. The smallest absolute Gasteiger partial charge is 0.318 e. The van der Waals surface area contributed by atoms with E-state index in [0.29, 0.717) is 0 Å². The highest BCUT2D eigenvalue weighted by atomic mass is 16.5. The fraction of sp³-hybridized carbons (Fsp3) is 0.364. The molecule has 1 aliphatic heterocycles. The van der Waals surface area contributed by atoms with Crippen LogP contribution in [0.2, 0.25) is 0 Å². The van der Waals surface area contributed by atoms with E-state index in [-0.39, 0.29) is 13.2 Å². The van der Waals surface area contributed by atoms with Crippen molar-refractivity contribution >= 4 is 5.97 Å². The molecule has 0 amide bonds. The Morgan fingerprint density at radius 2 is 2.00 bits per heavy atom. The average molecular weight is 208 g/mol. The molecule has 15 heavy (non-hydrogen) atoms. The SMILES string of the molecule is COc1ccc(C2(C(=O)O)COC2)cc1. The number of carboxylic acids is 1. The largest absolute Gasteiger partial charge is 0.497 e. The molecule has 4 nitrogen and oxygen atoms in total. The lowest BCUT2D eigenvalue weighted by molar-refractivity contribution is -0.163. The molecular formula is C11H12O4. The lowest BCUT2D eigenvalue weighted by Gasteiger charge is -2.37. The molecule has 1 fully saturated rings. The summed E-state index contributed by atoms with van der Waals surface area (Å²) in [6, 6.07) is 7.07. The van der Waals surface area contributed by atoms with Crippen LogP contribution in [0.25, 0.3) is 0 Å². The number of hydrogen-bond acceptors (Lipinski definition) is 3. The maximum absolute atomic E-state index is 11.1. The van der Waals surface area contributed by atoms with Gasteiger partial charge >= 0.3 is 5.97 Å². The van der Waals surface area contributed by atoms with Gasteiger partial charge in [0.05, 0.1) is 20.3 Å². The number of rotatable bonds is 3. The van der Waals surface area contributed by atoms with Gasteiger partial charge in [-0.1, -0.05) is 12.1 Å². The summed E-state index contributed by atoms with van der Waals surface area (Å²) in [5, 5.41) is 9.15. The second kappa shape index (κ2) is 3.55. The zero-order chi connectivity index (χ0) is 10.9. The van der Waals surface area contributed by atoms with Gasteiger partial charge in [-0.15, -0.1) is 0 Å². The Morgan fingerprint density at radius 3 is 2.33 bits per heavy atom. The molecule has 0 aromatic heterocycles. The molecular weight excluding hydrogens is 196 g/mol. The van der Waals surface area contributed by atoms with Crippen molar-refractivity contribution in [2.75, 3.05) is 20.3 Å². The van der Waals surface area contributed by atoms with Gasteiger partial charge in [0.1, 0.15) is 11.2 Å². The van der Waals surface area contributed by atoms with Crippen LogP contribution in [-0.2, 0) is 14.9 Å². The molecule has 0 bridgehead atoms. The van der Waals surface area contributed by atoms with E-state index in [1.54, 1.807) is 31.4 Å². The molecule has 80 valence electrons. The first-order valence-electron chi connectivity index (χ1n) is 4.65.